The highest BCUT2D eigenvalue weighted by Gasteiger charge is 2.32. The Balaban J connectivity index is 1.92. The van der Waals surface area contributed by atoms with Gasteiger partial charge in [0.05, 0.1) is 10.6 Å². The van der Waals surface area contributed by atoms with Gasteiger partial charge in [-0.1, -0.05) is 18.2 Å². The molecule has 1 aliphatic rings. The minimum absolute atomic E-state index is 0.0829. The number of likely N-dealkylation sites (N-methyl/N-ethyl adjacent to an activating group) is 1. The molecule has 0 aromatic heterocycles. The van der Waals surface area contributed by atoms with Crippen molar-refractivity contribution in [3.63, 3.8) is 0 Å². The summed E-state index contributed by atoms with van der Waals surface area (Å²) in [5, 5.41) is 0. The number of carbonyl (C=O) groups is 2. The maximum atomic E-state index is 12.3. The van der Waals surface area contributed by atoms with Crippen LogP contribution in [0.4, 0.5) is 0 Å². The Labute approximate surface area is 142 Å². The maximum absolute atomic E-state index is 12.3. The highest BCUT2D eigenvalue weighted by molar-refractivity contribution is 7.91. The predicted molar refractivity (Wildman–Crippen MR) is 89.9 cm³/mol. The first-order valence-corrected chi connectivity index (χ1v) is 9.51. The number of sulfone groups is 1. The van der Waals surface area contributed by atoms with E-state index in [1.54, 1.807) is 30.3 Å². The van der Waals surface area contributed by atoms with Gasteiger partial charge < -0.3 is 15.5 Å². The van der Waals surface area contributed by atoms with Crippen molar-refractivity contribution in [3.8, 4) is 0 Å². The number of piperazine rings is 1. The third-order valence-electron chi connectivity index (χ3n) is 4.14. The van der Waals surface area contributed by atoms with Crippen molar-refractivity contribution in [3.05, 3.63) is 30.3 Å². The van der Waals surface area contributed by atoms with E-state index in [1.807, 2.05) is 11.9 Å². The summed E-state index contributed by atoms with van der Waals surface area (Å²) >= 11 is 0. The molecule has 7 nitrogen and oxygen atoms in total. The van der Waals surface area contributed by atoms with E-state index < -0.39 is 21.8 Å². The van der Waals surface area contributed by atoms with E-state index in [9.17, 15) is 18.0 Å². The van der Waals surface area contributed by atoms with Gasteiger partial charge in [-0.05, 0) is 25.6 Å². The molecule has 2 N–H and O–H groups in total. The topological polar surface area (TPSA) is 101 Å². The number of nitrogens with two attached hydrogens (primary N) is 1. The van der Waals surface area contributed by atoms with Crippen LogP contribution in [0, 0.1) is 0 Å². The van der Waals surface area contributed by atoms with Crippen LogP contribution in [0.1, 0.15) is 12.8 Å². The first-order valence-electron chi connectivity index (χ1n) is 7.86. The van der Waals surface area contributed by atoms with Crippen LogP contribution >= 0.6 is 0 Å². The number of amides is 2. The lowest BCUT2D eigenvalue weighted by Crippen LogP contribution is -2.59. The van der Waals surface area contributed by atoms with Crippen molar-refractivity contribution < 1.29 is 18.0 Å². The van der Waals surface area contributed by atoms with Crippen LogP contribution < -0.4 is 5.73 Å². The number of rotatable bonds is 6. The second kappa shape index (κ2) is 7.76. The number of nitrogens with zero attached hydrogens (tertiary/aromatic N) is 2. The fourth-order valence-corrected chi connectivity index (χ4v) is 4.10. The highest BCUT2D eigenvalue weighted by atomic mass is 32.2. The van der Waals surface area contributed by atoms with Crippen molar-refractivity contribution in [2.75, 3.05) is 32.4 Å². The fourth-order valence-electron chi connectivity index (χ4n) is 2.76. The van der Waals surface area contributed by atoms with Gasteiger partial charge in [0.25, 0.3) is 0 Å². The van der Waals surface area contributed by atoms with Crippen LogP contribution in [-0.4, -0.2) is 68.5 Å². The molecule has 1 heterocycles. The van der Waals surface area contributed by atoms with E-state index in [1.165, 1.54) is 4.90 Å². The Morgan fingerprint density at radius 3 is 2.50 bits per heavy atom. The number of carbonyl (C=O) groups excluding carboxylic acids is 2. The van der Waals surface area contributed by atoms with Gasteiger partial charge in [0.1, 0.15) is 6.04 Å². The monoisotopic (exact) mass is 353 g/mol. The molecular weight excluding hydrogens is 330 g/mol. The lowest BCUT2D eigenvalue weighted by Gasteiger charge is -2.38. The van der Waals surface area contributed by atoms with E-state index in [0.29, 0.717) is 19.6 Å². The standard InChI is InChI=1S/C16H23N3O4S/c1-18-9-10-19(14(12-18)16(17)21)15(20)8-5-11-24(22,23)13-6-3-2-4-7-13/h2-4,6-7,14H,5,8-12H2,1H3,(H2,17,21). The summed E-state index contributed by atoms with van der Waals surface area (Å²) in [6, 6.07) is 7.52. The van der Waals surface area contributed by atoms with Gasteiger partial charge >= 0.3 is 0 Å². The molecule has 132 valence electrons. The smallest absolute Gasteiger partial charge is 0.241 e. The van der Waals surface area contributed by atoms with E-state index in [0.717, 1.165) is 0 Å². The fraction of sp³-hybridized carbons (Fsp3) is 0.500. The molecule has 2 rings (SSSR count). The van der Waals surface area contributed by atoms with Crippen molar-refractivity contribution >= 4 is 21.7 Å². The summed E-state index contributed by atoms with van der Waals surface area (Å²) in [6.45, 7) is 1.50. The van der Waals surface area contributed by atoms with Crippen LogP contribution in [-0.2, 0) is 19.4 Å². The largest absolute Gasteiger partial charge is 0.368 e. The molecule has 0 radical (unpaired) electrons. The Hall–Kier alpha value is -1.93. The Morgan fingerprint density at radius 2 is 1.88 bits per heavy atom. The van der Waals surface area contributed by atoms with E-state index in [2.05, 4.69) is 0 Å². The minimum Gasteiger partial charge on any atom is -0.368 e. The lowest BCUT2D eigenvalue weighted by atomic mass is 10.1. The number of benzene rings is 1. The number of hydrogen-bond acceptors (Lipinski definition) is 5. The Bertz CT molecular complexity index is 691. The molecule has 0 spiro atoms. The Kier molecular flexibility index (Phi) is 5.95. The summed E-state index contributed by atoms with van der Waals surface area (Å²) in [4.78, 5) is 27.6. The Morgan fingerprint density at radius 1 is 1.21 bits per heavy atom. The zero-order chi connectivity index (χ0) is 17.7. The molecule has 0 bridgehead atoms. The van der Waals surface area contributed by atoms with Crippen molar-refractivity contribution in [1.82, 2.24) is 9.80 Å². The SMILES string of the molecule is CN1CCN(C(=O)CCCS(=O)(=O)c2ccccc2)C(C(N)=O)C1. The maximum Gasteiger partial charge on any atom is 0.241 e. The average Bonchev–Trinajstić information content (AvgIpc) is 2.55. The molecule has 8 heteroatoms. The van der Waals surface area contributed by atoms with Gasteiger partial charge in [0.15, 0.2) is 9.84 Å². The predicted octanol–water partition coefficient (Wildman–Crippen LogP) is -0.132. The molecule has 1 aromatic carbocycles. The molecule has 1 saturated heterocycles. The zero-order valence-electron chi connectivity index (χ0n) is 13.7. The average molecular weight is 353 g/mol. The van der Waals surface area contributed by atoms with E-state index in [-0.39, 0.29) is 29.4 Å². The van der Waals surface area contributed by atoms with Crippen LogP contribution in [0.3, 0.4) is 0 Å². The molecule has 1 unspecified atom stereocenters. The minimum atomic E-state index is -3.40. The quantitative estimate of drug-likeness (QED) is 0.768. The van der Waals surface area contributed by atoms with Crippen LogP contribution in [0.15, 0.2) is 35.2 Å². The summed E-state index contributed by atoms with van der Waals surface area (Å²) in [5.41, 5.74) is 5.38. The lowest BCUT2D eigenvalue weighted by molar-refractivity contribution is -0.142. The summed E-state index contributed by atoms with van der Waals surface area (Å²) in [7, 11) is -1.53. The van der Waals surface area contributed by atoms with Gasteiger partial charge in [0, 0.05) is 26.1 Å². The summed E-state index contributed by atoms with van der Waals surface area (Å²) < 4.78 is 24.4. The highest BCUT2D eigenvalue weighted by Crippen LogP contribution is 2.14. The molecule has 1 aliphatic heterocycles. The second-order valence-electron chi connectivity index (χ2n) is 6.00. The number of primary amides is 1. The van der Waals surface area contributed by atoms with Crippen LogP contribution in [0.5, 0.6) is 0 Å². The molecule has 2 amide bonds. The normalized spacial score (nSPS) is 19.2. The van der Waals surface area contributed by atoms with Crippen molar-refractivity contribution in [1.29, 1.82) is 0 Å². The van der Waals surface area contributed by atoms with E-state index >= 15 is 0 Å². The third kappa shape index (κ3) is 4.55. The van der Waals surface area contributed by atoms with Gasteiger partial charge in [-0.15, -0.1) is 0 Å². The first kappa shape index (κ1) is 18.4. The molecule has 1 aromatic rings. The van der Waals surface area contributed by atoms with Gasteiger partial charge in [0.2, 0.25) is 11.8 Å². The van der Waals surface area contributed by atoms with Crippen LogP contribution in [0.2, 0.25) is 0 Å². The first-order chi connectivity index (χ1) is 11.3. The third-order valence-corrected chi connectivity index (χ3v) is 5.95. The van der Waals surface area contributed by atoms with E-state index in [4.69, 9.17) is 5.73 Å². The molecule has 1 fully saturated rings. The van der Waals surface area contributed by atoms with Crippen LogP contribution in [0.25, 0.3) is 0 Å². The summed E-state index contributed by atoms with van der Waals surface area (Å²) in [6.07, 6.45) is 0.299. The molecule has 0 saturated carbocycles. The molecular formula is C16H23N3O4S. The van der Waals surface area contributed by atoms with Gasteiger partial charge in [-0.2, -0.15) is 0 Å². The van der Waals surface area contributed by atoms with Gasteiger partial charge in [-0.3, -0.25) is 9.59 Å². The molecule has 24 heavy (non-hydrogen) atoms. The number of hydrogen-bond donors (Lipinski definition) is 1. The second-order valence-corrected chi connectivity index (χ2v) is 8.11. The summed E-state index contributed by atoms with van der Waals surface area (Å²) in [5.74, 6) is -0.862. The molecule has 0 aliphatic carbocycles. The van der Waals surface area contributed by atoms with Crippen molar-refractivity contribution in [2.24, 2.45) is 5.73 Å². The van der Waals surface area contributed by atoms with Gasteiger partial charge in [-0.25, -0.2) is 8.42 Å². The molecule has 1 atom stereocenters. The zero-order valence-corrected chi connectivity index (χ0v) is 14.5. The van der Waals surface area contributed by atoms with Crippen molar-refractivity contribution in [2.45, 2.75) is 23.8 Å².